The smallest absolute Gasteiger partial charge is 0.163 e. The van der Waals surface area contributed by atoms with Crippen molar-refractivity contribution in [2.75, 3.05) is 0 Å². The van der Waals surface area contributed by atoms with Crippen LogP contribution in [0.4, 0.5) is 8.78 Å². The molecule has 0 unspecified atom stereocenters. The third-order valence-electron chi connectivity index (χ3n) is 3.21. The molecule has 5 heteroatoms. The van der Waals surface area contributed by atoms with E-state index in [9.17, 15) is 8.78 Å². The monoisotopic (exact) mass is 263 g/mol. The minimum atomic E-state index is -0.819. The lowest BCUT2D eigenvalue weighted by molar-refractivity contribution is 0.491. The SMILES string of the molecule is Fc1cccc(Cn2ccc(CNC3CC3)n2)c1F. The van der Waals surface area contributed by atoms with Crippen LogP contribution in [-0.2, 0) is 13.1 Å². The van der Waals surface area contributed by atoms with E-state index in [0.29, 0.717) is 11.6 Å². The fourth-order valence-electron chi connectivity index (χ4n) is 1.97. The number of rotatable bonds is 5. The van der Waals surface area contributed by atoms with Crippen LogP contribution in [0.1, 0.15) is 24.1 Å². The summed E-state index contributed by atoms with van der Waals surface area (Å²) in [6, 6.07) is 6.72. The summed E-state index contributed by atoms with van der Waals surface area (Å²) < 4.78 is 28.2. The summed E-state index contributed by atoms with van der Waals surface area (Å²) in [7, 11) is 0. The van der Waals surface area contributed by atoms with E-state index in [1.165, 1.54) is 18.9 Å². The molecule has 100 valence electrons. The van der Waals surface area contributed by atoms with Crippen LogP contribution in [0, 0.1) is 11.6 Å². The van der Waals surface area contributed by atoms with Gasteiger partial charge in [0, 0.05) is 24.3 Å². The summed E-state index contributed by atoms with van der Waals surface area (Å²) in [6.07, 6.45) is 4.25. The Balaban J connectivity index is 1.67. The van der Waals surface area contributed by atoms with E-state index in [0.717, 1.165) is 18.3 Å². The van der Waals surface area contributed by atoms with Gasteiger partial charge in [-0.1, -0.05) is 12.1 Å². The first-order chi connectivity index (χ1) is 9.22. The van der Waals surface area contributed by atoms with Crippen molar-refractivity contribution in [3.8, 4) is 0 Å². The first-order valence-electron chi connectivity index (χ1n) is 6.41. The number of benzene rings is 1. The van der Waals surface area contributed by atoms with Crippen LogP contribution in [0.25, 0.3) is 0 Å². The van der Waals surface area contributed by atoms with Crippen molar-refractivity contribution < 1.29 is 8.78 Å². The molecular formula is C14H15F2N3. The Morgan fingerprint density at radius 1 is 1.26 bits per heavy atom. The summed E-state index contributed by atoms with van der Waals surface area (Å²) in [5.41, 5.74) is 1.23. The molecule has 0 radical (unpaired) electrons. The maximum absolute atomic E-state index is 13.5. The number of hydrogen-bond acceptors (Lipinski definition) is 2. The van der Waals surface area contributed by atoms with E-state index in [1.807, 2.05) is 6.07 Å². The predicted octanol–water partition coefficient (Wildman–Crippen LogP) is 2.46. The number of nitrogens with zero attached hydrogens (tertiary/aromatic N) is 2. The van der Waals surface area contributed by atoms with Gasteiger partial charge >= 0.3 is 0 Å². The Morgan fingerprint density at radius 3 is 2.89 bits per heavy atom. The van der Waals surface area contributed by atoms with Gasteiger partial charge in [0.1, 0.15) is 0 Å². The highest BCUT2D eigenvalue weighted by atomic mass is 19.2. The van der Waals surface area contributed by atoms with Gasteiger partial charge in [-0.05, 0) is 25.0 Å². The van der Waals surface area contributed by atoms with Crippen molar-refractivity contribution >= 4 is 0 Å². The quantitative estimate of drug-likeness (QED) is 0.898. The highest BCUT2D eigenvalue weighted by Gasteiger charge is 2.20. The Labute approximate surface area is 110 Å². The molecule has 19 heavy (non-hydrogen) atoms. The average molecular weight is 263 g/mol. The molecule has 0 spiro atoms. The third-order valence-corrected chi connectivity index (χ3v) is 3.21. The molecule has 1 N–H and O–H groups in total. The lowest BCUT2D eigenvalue weighted by Crippen LogP contribution is -2.16. The van der Waals surface area contributed by atoms with Gasteiger partial charge in [-0.15, -0.1) is 0 Å². The molecule has 1 aliphatic carbocycles. The molecular weight excluding hydrogens is 248 g/mol. The fraction of sp³-hybridized carbons (Fsp3) is 0.357. The number of aromatic nitrogens is 2. The summed E-state index contributed by atoms with van der Waals surface area (Å²) in [5.74, 6) is -1.61. The van der Waals surface area contributed by atoms with Crippen LogP contribution in [0.3, 0.4) is 0 Å². The molecule has 0 saturated heterocycles. The van der Waals surface area contributed by atoms with Gasteiger partial charge < -0.3 is 5.32 Å². The maximum Gasteiger partial charge on any atom is 0.163 e. The largest absolute Gasteiger partial charge is 0.308 e. The lowest BCUT2D eigenvalue weighted by Gasteiger charge is -2.04. The number of nitrogens with one attached hydrogen (secondary N) is 1. The van der Waals surface area contributed by atoms with Gasteiger partial charge in [0.2, 0.25) is 0 Å². The highest BCUT2D eigenvalue weighted by molar-refractivity contribution is 5.19. The van der Waals surface area contributed by atoms with Crippen LogP contribution < -0.4 is 5.32 Å². The molecule has 1 saturated carbocycles. The van der Waals surface area contributed by atoms with Crippen molar-refractivity contribution in [3.63, 3.8) is 0 Å². The summed E-state index contributed by atoms with van der Waals surface area (Å²) >= 11 is 0. The Morgan fingerprint density at radius 2 is 2.11 bits per heavy atom. The molecule has 1 fully saturated rings. The van der Waals surface area contributed by atoms with Crippen LogP contribution in [-0.4, -0.2) is 15.8 Å². The first-order valence-corrected chi connectivity index (χ1v) is 6.41. The molecule has 3 nitrogen and oxygen atoms in total. The molecule has 2 aromatic rings. The molecule has 0 bridgehead atoms. The van der Waals surface area contributed by atoms with Gasteiger partial charge in [0.25, 0.3) is 0 Å². The molecule has 1 aliphatic rings. The minimum Gasteiger partial charge on any atom is -0.308 e. The van der Waals surface area contributed by atoms with Crippen LogP contribution in [0.15, 0.2) is 30.5 Å². The lowest BCUT2D eigenvalue weighted by atomic mass is 10.2. The van der Waals surface area contributed by atoms with Crippen molar-refractivity contribution in [2.45, 2.75) is 32.0 Å². The zero-order valence-corrected chi connectivity index (χ0v) is 10.4. The maximum atomic E-state index is 13.5. The second kappa shape index (κ2) is 5.09. The predicted molar refractivity (Wildman–Crippen MR) is 67.5 cm³/mol. The van der Waals surface area contributed by atoms with Gasteiger partial charge in [-0.2, -0.15) is 5.10 Å². The van der Waals surface area contributed by atoms with Gasteiger partial charge in [0.05, 0.1) is 12.2 Å². The van der Waals surface area contributed by atoms with E-state index in [4.69, 9.17) is 0 Å². The van der Waals surface area contributed by atoms with Crippen molar-refractivity contribution in [2.24, 2.45) is 0 Å². The van der Waals surface area contributed by atoms with Gasteiger partial charge in [-0.25, -0.2) is 8.78 Å². The van der Waals surface area contributed by atoms with Crippen molar-refractivity contribution in [1.82, 2.24) is 15.1 Å². The van der Waals surface area contributed by atoms with Crippen molar-refractivity contribution in [3.05, 3.63) is 53.4 Å². The van der Waals surface area contributed by atoms with E-state index in [-0.39, 0.29) is 6.54 Å². The standard InChI is InChI=1S/C14H15F2N3/c15-13-3-1-2-10(14(13)16)9-19-7-6-12(18-19)8-17-11-4-5-11/h1-3,6-7,11,17H,4-5,8-9H2. The summed E-state index contributed by atoms with van der Waals surface area (Å²) in [6.45, 7) is 0.969. The normalized spacial score (nSPS) is 14.8. The van der Waals surface area contributed by atoms with Gasteiger partial charge in [0.15, 0.2) is 11.6 Å². The second-order valence-corrected chi connectivity index (χ2v) is 4.87. The number of halogens is 2. The average Bonchev–Trinajstić information content (AvgIpc) is 3.13. The van der Waals surface area contributed by atoms with Crippen molar-refractivity contribution in [1.29, 1.82) is 0 Å². The first kappa shape index (κ1) is 12.3. The zero-order chi connectivity index (χ0) is 13.2. The van der Waals surface area contributed by atoms with E-state index >= 15 is 0 Å². The Hall–Kier alpha value is -1.75. The summed E-state index contributed by atoms with van der Waals surface area (Å²) in [4.78, 5) is 0. The minimum absolute atomic E-state index is 0.243. The zero-order valence-electron chi connectivity index (χ0n) is 10.4. The Kier molecular flexibility index (Phi) is 3.29. The molecule has 1 aromatic carbocycles. The van der Waals surface area contributed by atoms with E-state index in [1.54, 1.807) is 16.9 Å². The molecule has 0 amide bonds. The topological polar surface area (TPSA) is 29.9 Å². The van der Waals surface area contributed by atoms with E-state index in [2.05, 4.69) is 10.4 Å². The molecule has 1 aromatic heterocycles. The molecule has 1 heterocycles. The third kappa shape index (κ3) is 2.98. The number of hydrogen-bond donors (Lipinski definition) is 1. The van der Waals surface area contributed by atoms with Crippen LogP contribution in [0.5, 0.6) is 0 Å². The second-order valence-electron chi connectivity index (χ2n) is 4.87. The van der Waals surface area contributed by atoms with Crippen LogP contribution >= 0.6 is 0 Å². The Bertz CT molecular complexity index is 576. The van der Waals surface area contributed by atoms with Crippen LogP contribution in [0.2, 0.25) is 0 Å². The molecule has 3 rings (SSSR count). The van der Waals surface area contributed by atoms with E-state index < -0.39 is 11.6 Å². The summed E-state index contributed by atoms with van der Waals surface area (Å²) in [5, 5.41) is 7.70. The fourth-order valence-corrected chi connectivity index (χ4v) is 1.97. The highest BCUT2D eigenvalue weighted by Crippen LogP contribution is 2.19. The van der Waals surface area contributed by atoms with Gasteiger partial charge in [-0.3, -0.25) is 4.68 Å². The molecule has 0 atom stereocenters. The molecule has 0 aliphatic heterocycles.